The summed E-state index contributed by atoms with van der Waals surface area (Å²) < 4.78 is 36.7. The molecule has 9 nitrogen and oxygen atoms in total. The zero-order valence-electron chi connectivity index (χ0n) is 17.0. The van der Waals surface area contributed by atoms with Crippen molar-refractivity contribution < 1.29 is 22.7 Å². The molecule has 1 N–H and O–H groups in total. The van der Waals surface area contributed by atoms with Crippen LogP contribution in [-0.4, -0.2) is 50.5 Å². The highest BCUT2D eigenvalue weighted by molar-refractivity contribution is 7.92. The monoisotopic (exact) mass is 460 g/mol. The number of nitrogens with one attached hydrogen (secondary N) is 1. The standard InChI is InChI=1S/C20H20N4O5S2/c1-12-4-9-16-15(10-12)24(31(3,26)27)11-17(29-16)18(25)21-20-23-22-19(30-20)13-5-7-14(28-2)8-6-13/h4-10,17H,11H2,1-3H3,(H,21,23,25)/t17-/m0/s1. The van der Waals surface area contributed by atoms with Crippen LogP contribution in [-0.2, 0) is 14.8 Å². The molecule has 0 saturated carbocycles. The Labute approximate surface area is 183 Å². The Morgan fingerprint density at radius 3 is 2.65 bits per heavy atom. The van der Waals surface area contributed by atoms with Gasteiger partial charge in [-0.05, 0) is 48.9 Å². The molecular formula is C20H20N4O5S2. The molecular weight excluding hydrogens is 440 g/mol. The summed E-state index contributed by atoms with van der Waals surface area (Å²) in [4.78, 5) is 12.8. The van der Waals surface area contributed by atoms with Gasteiger partial charge in [0.05, 0.1) is 25.6 Å². The Balaban J connectivity index is 1.52. The zero-order valence-corrected chi connectivity index (χ0v) is 18.7. The number of aromatic nitrogens is 2. The molecule has 0 aliphatic carbocycles. The van der Waals surface area contributed by atoms with Crippen LogP contribution in [0.15, 0.2) is 42.5 Å². The molecule has 3 aromatic rings. The zero-order chi connectivity index (χ0) is 22.2. The minimum Gasteiger partial charge on any atom is -0.497 e. The normalized spacial score (nSPS) is 15.7. The number of ether oxygens (including phenoxy) is 2. The summed E-state index contributed by atoms with van der Waals surface area (Å²) in [6, 6.07) is 12.5. The van der Waals surface area contributed by atoms with Crippen molar-refractivity contribution >= 4 is 38.1 Å². The average Bonchev–Trinajstić information content (AvgIpc) is 3.20. The topological polar surface area (TPSA) is 111 Å². The van der Waals surface area contributed by atoms with E-state index in [0.29, 0.717) is 21.6 Å². The van der Waals surface area contributed by atoms with Crippen molar-refractivity contribution in [3.8, 4) is 22.1 Å². The van der Waals surface area contributed by atoms with Crippen molar-refractivity contribution in [2.75, 3.05) is 29.5 Å². The summed E-state index contributed by atoms with van der Waals surface area (Å²) in [7, 11) is -2.01. The second-order valence-corrected chi connectivity index (χ2v) is 9.89. The van der Waals surface area contributed by atoms with E-state index in [1.165, 1.54) is 15.6 Å². The molecule has 0 bridgehead atoms. The molecule has 1 aliphatic rings. The van der Waals surface area contributed by atoms with Gasteiger partial charge in [0.1, 0.15) is 16.5 Å². The van der Waals surface area contributed by atoms with E-state index in [9.17, 15) is 13.2 Å². The van der Waals surface area contributed by atoms with Crippen LogP contribution >= 0.6 is 11.3 Å². The molecule has 11 heteroatoms. The highest BCUT2D eigenvalue weighted by Crippen LogP contribution is 2.36. The number of carbonyl (C=O) groups excluding carboxylic acids is 1. The maximum Gasteiger partial charge on any atom is 0.269 e. The van der Waals surface area contributed by atoms with Crippen molar-refractivity contribution in [2.24, 2.45) is 0 Å². The second-order valence-electron chi connectivity index (χ2n) is 7.00. The molecule has 1 amide bonds. The van der Waals surface area contributed by atoms with E-state index >= 15 is 0 Å². The van der Waals surface area contributed by atoms with E-state index in [4.69, 9.17) is 9.47 Å². The van der Waals surface area contributed by atoms with E-state index in [1.807, 2.05) is 31.2 Å². The maximum absolute atomic E-state index is 12.8. The van der Waals surface area contributed by atoms with Crippen LogP contribution in [0.5, 0.6) is 11.5 Å². The van der Waals surface area contributed by atoms with Crippen molar-refractivity contribution in [3.05, 3.63) is 48.0 Å². The number of nitrogens with zero attached hydrogens (tertiary/aromatic N) is 3. The van der Waals surface area contributed by atoms with Crippen molar-refractivity contribution in [1.82, 2.24) is 10.2 Å². The maximum atomic E-state index is 12.8. The van der Waals surface area contributed by atoms with Crippen molar-refractivity contribution in [1.29, 1.82) is 0 Å². The number of benzene rings is 2. The summed E-state index contributed by atoms with van der Waals surface area (Å²) in [5.41, 5.74) is 2.14. The van der Waals surface area contributed by atoms with Gasteiger partial charge in [0, 0.05) is 5.56 Å². The summed E-state index contributed by atoms with van der Waals surface area (Å²) in [5.74, 6) is 0.554. The quantitative estimate of drug-likeness (QED) is 0.623. The lowest BCUT2D eigenvalue weighted by atomic mass is 10.1. The minimum absolute atomic E-state index is 0.134. The summed E-state index contributed by atoms with van der Waals surface area (Å²) in [6.07, 6.45) is 0.0731. The molecule has 31 heavy (non-hydrogen) atoms. The third kappa shape index (κ3) is 4.47. The molecule has 2 heterocycles. The van der Waals surface area contributed by atoms with Gasteiger partial charge >= 0.3 is 0 Å². The molecule has 0 spiro atoms. The van der Waals surface area contributed by atoms with E-state index in [2.05, 4.69) is 15.5 Å². The predicted molar refractivity (Wildman–Crippen MR) is 118 cm³/mol. The molecule has 2 aromatic carbocycles. The largest absolute Gasteiger partial charge is 0.497 e. The van der Waals surface area contributed by atoms with Gasteiger partial charge in [-0.3, -0.25) is 14.4 Å². The van der Waals surface area contributed by atoms with Crippen LogP contribution in [0.4, 0.5) is 10.8 Å². The highest BCUT2D eigenvalue weighted by Gasteiger charge is 2.35. The Morgan fingerprint density at radius 1 is 1.23 bits per heavy atom. The first-order chi connectivity index (χ1) is 14.7. The lowest BCUT2D eigenvalue weighted by molar-refractivity contribution is -0.122. The van der Waals surface area contributed by atoms with Gasteiger partial charge in [-0.15, -0.1) is 10.2 Å². The number of rotatable bonds is 5. The lowest BCUT2D eigenvalue weighted by Crippen LogP contribution is -2.48. The Hall–Kier alpha value is -3.18. The number of carbonyl (C=O) groups is 1. The van der Waals surface area contributed by atoms with Crippen molar-refractivity contribution in [3.63, 3.8) is 0 Å². The first kappa shape index (κ1) is 21.1. The van der Waals surface area contributed by atoms with Gasteiger partial charge in [0.2, 0.25) is 15.2 Å². The molecule has 0 radical (unpaired) electrons. The number of sulfonamides is 1. The number of hydrogen-bond acceptors (Lipinski definition) is 8. The van der Waals surface area contributed by atoms with E-state index in [0.717, 1.165) is 23.1 Å². The Bertz CT molecular complexity index is 1220. The fraction of sp³-hybridized carbons (Fsp3) is 0.250. The molecule has 1 atom stereocenters. The second kappa shape index (κ2) is 8.16. The predicted octanol–water partition coefficient (Wildman–Crippen LogP) is 2.69. The van der Waals surface area contributed by atoms with Crippen LogP contribution in [0.3, 0.4) is 0 Å². The number of aryl methyl sites for hydroxylation is 1. The van der Waals surface area contributed by atoms with Gasteiger partial charge < -0.3 is 9.47 Å². The van der Waals surface area contributed by atoms with Gasteiger partial charge in [0.25, 0.3) is 5.91 Å². The fourth-order valence-corrected chi connectivity index (χ4v) is 4.78. The van der Waals surface area contributed by atoms with Crippen LogP contribution in [0.2, 0.25) is 0 Å². The molecule has 0 fully saturated rings. The van der Waals surface area contributed by atoms with Crippen LogP contribution < -0.4 is 19.1 Å². The van der Waals surface area contributed by atoms with Gasteiger partial charge in [-0.2, -0.15) is 0 Å². The SMILES string of the molecule is COc1ccc(-c2nnc(NC(=O)[C@@H]3CN(S(C)(=O)=O)c4cc(C)ccc4O3)s2)cc1. The number of fused-ring (bicyclic) bond motifs is 1. The summed E-state index contributed by atoms with van der Waals surface area (Å²) >= 11 is 1.20. The Kier molecular flexibility index (Phi) is 5.54. The fourth-order valence-electron chi connectivity index (χ4n) is 3.12. The van der Waals surface area contributed by atoms with Gasteiger partial charge in [-0.25, -0.2) is 8.42 Å². The van der Waals surface area contributed by atoms with Crippen LogP contribution in [0, 0.1) is 6.92 Å². The summed E-state index contributed by atoms with van der Waals surface area (Å²) in [5, 5.41) is 11.7. The average molecular weight is 461 g/mol. The van der Waals surface area contributed by atoms with E-state index < -0.39 is 22.0 Å². The first-order valence-corrected chi connectivity index (χ1v) is 11.9. The lowest BCUT2D eigenvalue weighted by Gasteiger charge is -2.34. The van der Waals surface area contributed by atoms with Gasteiger partial charge in [0.15, 0.2) is 6.10 Å². The van der Waals surface area contributed by atoms with Crippen molar-refractivity contribution in [2.45, 2.75) is 13.0 Å². The molecule has 0 unspecified atom stereocenters. The molecule has 1 aliphatic heterocycles. The molecule has 0 saturated heterocycles. The van der Waals surface area contributed by atoms with Crippen LogP contribution in [0.25, 0.3) is 10.6 Å². The first-order valence-electron chi connectivity index (χ1n) is 9.28. The number of methoxy groups -OCH3 is 1. The third-order valence-electron chi connectivity index (χ3n) is 4.67. The number of anilines is 2. The smallest absolute Gasteiger partial charge is 0.269 e. The number of amides is 1. The molecule has 4 rings (SSSR count). The van der Waals surface area contributed by atoms with Crippen LogP contribution in [0.1, 0.15) is 5.56 Å². The van der Waals surface area contributed by atoms with Gasteiger partial charge in [-0.1, -0.05) is 17.4 Å². The van der Waals surface area contributed by atoms with E-state index in [-0.39, 0.29) is 6.54 Å². The van der Waals surface area contributed by atoms with E-state index in [1.54, 1.807) is 25.3 Å². The molecule has 162 valence electrons. The number of hydrogen-bond donors (Lipinski definition) is 1. The minimum atomic E-state index is -3.60. The Morgan fingerprint density at radius 2 is 1.97 bits per heavy atom. The molecule has 1 aromatic heterocycles. The third-order valence-corrected chi connectivity index (χ3v) is 6.70. The highest BCUT2D eigenvalue weighted by atomic mass is 32.2. The summed E-state index contributed by atoms with van der Waals surface area (Å²) in [6.45, 7) is 1.72.